The topological polar surface area (TPSA) is 116 Å². The van der Waals surface area contributed by atoms with E-state index in [4.69, 9.17) is 0 Å². The number of carbonyl (C=O) groups is 1. The third-order valence-electron chi connectivity index (χ3n) is 4.91. The second kappa shape index (κ2) is 8.58. The summed E-state index contributed by atoms with van der Waals surface area (Å²) in [5.41, 5.74) is 5.42. The number of fused-ring (bicyclic) bond motifs is 1. The van der Waals surface area contributed by atoms with E-state index >= 15 is 0 Å². The number of rotatable bonds is 6. The molecule has 0 atom stereocenters. The molecule has 0 radical (unpaired) electrons. The van der Waals surface area contributed by atoms with Crippen LogP contribution in [-0.4, -0.2) is 24.4 Å². The molecule has 1 aromatic heterocycles. The normalized spacial score (nSPS) is 11.9. The smallest absolute Gasteiger partial charge is 0.334 e. The Morgan fingerprint density at radius 3 is 2.19 bits per heavy atom. The second-order valence-electron chi connectivity index (χ2n) is 8.34. The van der Waals surface area contributed by atoms with E-state index in [-0.39, 0.29) is 11.8 Å². The Hall–Kier alpha value is -3.07. The van der Waals surface area contributed by atoms with E-state index < -0.39 is 16.2 Å². The molecule has 0 saturated heterocycles. The number of urea groups is 1. The van der Waals surface area contributed by atoms with Crippen molar-refractivity contribution in [1.29, 1.82) is 0 Å². The lowest BCUT2D eigenvalue weighted by Crippen LogP contribution is -2.38. The number of hydrogen-bond donors (Lipinski definition) is 4. The van der Waals surface area contributed by atoms with Gasteiger partial charge in [-0.05, 0) is 55.0 Å². The van der Waals surface area contributed by atoms with Crippen LogP contribution in [0.2, 0.25) is 0 Å². The number of aromatic amines is 1. The van der Waals surface area contributed by atoms with E-state index in [9.17, 15) is 13.2 Å². The Morgan fingerprint density at radius 2 is 1.61 bits per heavy atom. The van der Waals surface area contributed by atoms with Crippen LogP contribution in [0.5, 0.6) is 0 Å². The first-order chi connectivity index (χ1) is 14.4. The average Bonchev–Trinajstić information content (AvgIpc) is 3.00. The van der Waals surface area contributed by atoms with E-state index in [2.05, 4.69) is 20.0 Å². The molecule has 31 heavy (non-hydrogen) atoms. The van der Waals surface area contributed by atoms with Gasteiger partial charge in [-0.25, -0.2) is 14.5 Å². The quantitative estimate of drug-likeness (QED) is 0.433. The van der Waals surface area contributed by atoms with Gasteiger partial charge in [0.1, 0.15) is 5.82 Å². The number of amides is 2. The molecule has 8 nitrogen and oxygen atoms in total. The number of imidazole rings is 1. The zero-order valence-electron chi connectivity index (χ0n) is 18.6. The summed E-state index contributed by atoms with van der Waals surface area (Å²) < 4.78 is 29.5. The first-order valence-electron chi connectivity index (χ1n) is 10.2. The summed E-state index contributed by atoms with van der Waals surface area (Å²) in [6.07, 6.45) is 0. The van der Waals surface area contributed by atoms with Gasteiger partial charge in [0, 0.05) is 5.69 Å². The van der Waals surface area contributed by atoms with Gasteiger partial charge >= 0.3 is 16.2 Å². The lowest BCUT2D eigenvalue weighted by Gasteiger charge is -2.21. The molecular formula is C22H29N5O3S. The molecule has 0 saturated carbocycles. The van der Waals surface area contributed by atoms with Crippen LogP contribution >= 0.6 is 0 Å². The molecule has 0 aliphatic rings. The monoisotopic (exact) mass is 443 g/mol. The van der Waals surface area contributed by atoms with Crippen molar-refractivity contribution in [3.05, 3.63) is 52.8 Å². The van der Waals surface area contributed by atoms with Crippen molar-refractivity contribution in [3.63, 3.8) is 0 Å². The summed E-state index contributed by atoms with van der Waals surface area (Å²) in [6.45, 7) is 12.0. The number of H-pyrrole nitrogens is 1. The summed E-state index contributed by atoms with van der Waals surface area (Å²) >= 11 is 0. The molecule has 3 rings (SSSR count). The SMILES string of the molecule is Cc1cc(C(C)C)c(NC(=O)NS(=O)(=O)Nc2ccc3nc(C)[nH]c3c2)c(C(C)C)c1. The molecule has 4 N–H and O–H groups in total. The van der Waals surface area contributed by atoms with Gasteiger partial charge in [0.25, 0.3) is 0 Å². The highest BCUT2D eigenvalue weighted by molar-refractivity contribution is 7.91. The lowest BCUT2D eigenvalue weighted by atomic mass is 9.90. The fraction of sp³-hybridized carbons (Fsp3) is 0.364. The Balaban J connectivity index is 1.80. The van der Waals surface area contributed by atoms with Crippen LogP contribution in [0.25, 0.3) is 11.0 Å². The molecule has 3 aromatic rings. The molecule has 0 unspecified atom stereocenters. The Morgan fingerprint density at radius 1 is 1.00 bits per heavy atom. The summed E-state index contributed by atoms with van der Waals surface area (Å²) in [7, 11) is -4.14. The molecule has 2 aromatic carbocycles. The fourth-order valence-corrected chi connectivity index (χ4v) is 4.32. The minimum absolute atomic E-state index is 0.159. The van der Waals surface area contributed by atoms with Crippen molar-refractivity contribution in [3.8, 4) is 0 Å². The van der Waals surface area contributed by atoms with Crippen LogP contribution in [-0.2, 0) is 10.2 Å². The molecule has 1 heterocycles. The van der Waals surface area contributed by atoms with E-state index in [0.717, 1.165) is 28.0 Å². The summed E-state index contributed by atoms with van der Waals surface area (Å²) in [5, 5.41) is 2.76. The zero-order valence-corrected chi connectivity index (χ0v) is 19.4. The first-order valence-corrected chi connectivity index (χ1v) is 11.7. The van der Waals surface area contributed by atoms with Crippen molar-refractivity contribution < 1.29 is 13.2 Å². The van der Waals surface area contributed by atoms with Gasteiger partial charge in [-0.2, -0.15) is 8.42 Å². The maximum Gasteiger partial charge on any atom is 0.334 e. The molecular weight excluding hydrogens is 414 g/mol. The van der Waals surface area contributed by atoms with E-state index in [1.165, 1.54) is 0 Å². The van der Waals surface area contributed by atoms with Crippen LogP contribution in [0.3, 0.4) is 0 Å². The van der Waals surface area contributed by atoms with E-state index in [1.807, 2.05) is 58.4 Å². The summed E-state index contributed by atoms with van der Waals surface area (Å²) in [5.74, 6) is 1.05. The maximum absolute atomic E-state index is 12.6. The van der Waals surface area contributed by atoms with Crippen LogP contribution in [0.1, 0.15) is 62.0 Å². The van der Waals surface area contributed by atoms with E-state index in [0.29, 0.717) is 16.9 Å². The molecule has 9 heteroatoms. The molecule has 166 valence electrons. The van der Waals surface area contributed by atoms with Gasteiger partial charge in [0.15, 0.2) is 0 Å². The molecule has 0 aliphatic carbocycles. The summed E-state index contributed by atoms with van der Waals surface area (Å²) in [4.78, 5) is 19.9. The highest BCUT2D eigenvalue weighted by atomic mass is 32.2. The third kappa shape index (κ3) is 5.35. The molecule has 0 aliphatic heterocycles. The highest BCUT2D eigenvalue weighted by Crippen LogP contribution is 2.33. The standard InChI is InChI=1S/C22H29N5O3S/c1-12(2)17-9-14(5)10-18(13(3)4)21(17)25-22(28)27-31(29,30)26-16-7-8-19-20(11-16)24-15(6)23-19/h7-13,26H,1-6H3,(H,23,24)(H2,25,27,28). The highest BCUT2D eigenvalue weighted by Gasteiger charge is 2.20. The molecule has 2 amide bonds. The van der Waals surface area contributed by atoms with Gasteiger partial charge in [-0.15, -0.1) is 0 Å². The van der Waals surface area contributed by atoms with Gasteiger partial charge in [-0.3, -0.25) is 4.72 Å². The fourth-order valence-electron chi connectivity index (χ4n) is 3.54. The minimum Gasteiger partial charge on any atom is -0.342 e. The Kier molecular flexibility index (Phi) is 6.26. The number of nitrogens with zero attached hydrogens (tertiary/aromatic N) is 1. The third-order valence-corrected chi connectivity index (χ3v) is 5.86. The lowest BCUT2D eigenvalue weighted by molar-refractivity contribution is 0.256. The summed E-state index contributed by atoms with van der Waals surface area (Å²) in [6, 6.07) is 8.13. The number of aryl methyl sites for hydroxylation is 2. The molecule has 0 fully saturated rings. The van der Waals surface area contributed by atoms with Gasteiger partial charge in [-0.1, -0.05) is 45.4 Å². The Labute approximate surface area is 183 Å². The van der Waals surface area contributed by atoms with Crippen LogP contribution < -0.4 is 14.8 Å². The molecule has 0 bridgehead atoms. The van der Waals surface area contributed by atoms with Crippen molar-refractivity contribution >= 4 is 38.6 Å². The van der Waals surface area contributed by atoms with Crippen LogP contribution in [0, 0.1) is 13.8 Å². The number of carbonyl (C=O) groups excluding carboxylic acids is 1. The van der Waals surface area contributed by atoms with Crippen molar-refractivity contribution in [1.82, 2.24) is 14.7 Å². The largest absolute Gasteiger partial charge is 0.342 e. The number of benzene rings is 2. The number of nitrogens with one attached hydrogen (secondary N) is 4. The van der Waals surface area contributed by atoms with Crippen molar-refractivity contribution in [2.75, 3.05) is 10.0 Å². The Bertz CT molecular complexity index is 1200. The van der Waals surface area contributed by atoms with Gasteiger partial charge in [0.05, 0.1) is 16.7 Å². The predicted octanol–water partition coefficient (Wildman–Crippen LogP) is 4.90. The van der Waals surface area contributed by atoms with Crippen molar-refractivity contribution in [2.45, 2.75) is 53.4 Å². The van der Waals surface area contributed by atoms with Gasteiger partial charge < -0.3 is 10.3 Å². The first kappa shape index (κ1) is 22.6. The van der Waals surface area contributed by atoms with E-state index in [1.54, 1.807) is 18.2 Å². The minimum atomic E-state index is -4.14. The van der Waals surface area contributed by atoms with Gasteiger partial charge in [0.2, 0.25) is 0 Å². The van der Waals surface area contributed by atoms with Crippen LogP contribution in [0.4, 0.5) is 16.2 Å². The molecule has 0 spiro atoms. The second-order valence-corrected chi connectivity index (χ2v) is 9.76. The predicted molar refractivity (Wildman–Crippen MR) is 125 cm³/mol. The van der Waals surface area contributed by atoms with Crippen LogP contribution in [0.15, 0.2) is 30.3 Å². The van der Waals surface area contributed by atoms with Crippen molar-refractivity contribution in [2.24, 2.45) is 0 Å². The zero-order chi connectivity index (χ0) is 22.9. The number of aromatic nitrogens is 2. The number of anilines is 2. The number of hydrogen-bond acceptors (Lipinski definition) is 4. The maximum atomic E-state index is 12.6. The average molecular weight is 444 g/mol.